The molecule has 0 aliphatic carbocycles. The third-order valence-electron chi connectivity index (χ3n) is 2.43. The van der Waals surface area contributed by atoms with Crippen LogP contribution >= 0.6 is 23.2 Å². The molecule has 20 heavy (non-hydrogen) atoms. The summed E-state index contributed by atoms with van der Waals surface area (Å²) in [6.07, 6.45) is 0.0908. The van der Waals surface area contributed by atoms with E-state index in [4.69, 9.17) is 33.0 Å². The topological polar surface area (TPSA) is 75.6 Å². The Kier molecular flexibility index (Phi) is 6.78. The molecular weight excluding hydrogens is 305 g/mol. The van der Waals surface area contributed by atoms with E-state index in [1.54, 1.807) is 25.1 Å². The third-order valence-corrected chi connectivity index (χ3v) is 2.87. The van der Waals surface area contributed by atoms with Crippen LogP contribution in [0.4, 0.5) is 0 Å². The molecule has 2 N–H and O–H groups in total. The fourth-order valence-electron chi connectivity index (χ4n) is 1.60. The predicted octanol–water partition coefficient (Wildman–Crippen LogP) is 2.14. The summed E-state index contributed by atoms with van der Waals surface area (Å²) in [5.41, 5.74) is 0.631. The molecule has 0 bridgehead atoms. The number of ether oxygens (including phenoxy) is 1. The van der Waals surface area contributed by atoms with Crippen molar-refractivity contribution in [2.45, 2.75) is 19.4 Å². The van der Waals surface area contributed by atoms with Crippen molar-refractivity contribution in [1.82, 2.24) is 5.32 Å². The normalized spacial score (nSPS) is 11.9. The first-order chi connectivity index (χ1) is 9.42. The minimum absolute atomic E-state index is 0.0908. The van der Waals surface area contributed by atoms with Crippen LogP contribution in [0.25, 0.3) is 0 Å². The van der Waals surface area contributed by atoms with Crippen molar-refractivity contribution in [2.24, 2.45) is 0 Å². The van der Waals surface area contributed by atoms with E-state index in [1.807, 2.05) is 0 Å². The van der Waals surface area contributed by atoms with Crippen LogP contribution < -0.4 is 5.32 Å². The lowest BCUT2D eigenvalue weighted by Crippen LogP contribution is -2.43. The molecule has 1 aromatic carbocycles. The van der Waals surface area contributed by atoms with Gasteiger partial charge in [0.25, 0.3) is 0 Å². The number of aliphatic carboxylic acids is 1. The zero-order chi connectivity index (χ0) is 15.1. The number of halogens is 2. The van der Waals surface area contributed by atoms with Gasteiger partial charge in [-0.3, -0.25) is 4.79 Å². The second-order valence-electron chi connectivity index (χ2n) is 4.08. The maximum absolute atomic E-state index is 11.5. The van der Waals surface area contributed by atoms with E-state index in [2.05, 4.69) is 5.32 Å². The molecule has 1 rings (SSSR count). The molecule has 0 aliphatic heterocycles. The van der Waals surface area contributed by atoms with Crippen molar-refractivity contribution in [2.75, 3.05) is 13.2 Å². The number of carbonyl (C=O) groups excluding carboxylic acids is 1. The molecule has 0 spiro atoms. The molecule has 5 nitrogen and oxygen atoms in total. The Morgan fingerprint density at radius 1 is 1.30 bits per heavy atom. The summed E-state index contributed by atoms with van der Waals surface area (Å²) in [6.45, 7) is 1.96. The Morgan fingerprint density at radius 3 is 2.40 bits per heavy atom. The van der Waals surface area contributed by atoms with E-state index < -0.39 is 17.9 Å². The highest BCUT2D eigenvalue weighted by molar-refractivity contribution is 6.34. The van der Waals surface area contributed by atoms with E-state index in [-0.39, 0.29) is 13.0 Å². The predicted molar refractivity (Wildman–Crippen MR) is 76.2 cm³/mol. The van der Waals surface area contributed by atoms with Gasteiger partial charge in [-0.1, -0.05) is 23.2 Å². The number of rotatable bonds is 7. The zero-order valence-electron chi connectivity index (χ0n) is 10.9. The molecule has 0 aromatic heterocycles. The Labute approximate surface area is 126 Å². The summed E-state index contributed by atoms with van der Waals surface area (Å²) < 4.78 is 4.92. The van der Waals surface area contributed by atoms with Crippen molar-refractivity contribution in [3.8, 4) is 0 Å². The van der Waals surface area contributed by atoms with E-state index in [0.29, 0.717) is 22.2 Å². The molecule has 0 saturated heterocycles. The van der Waals surface area contributed by atoms with Crippen LogP contribution in [0.2, 0.25) is 10.0 Å². The standard InChI is InChI=1S/C13H15Cl2NO4/c1-2-20-7-12(17)16-11(13(18)19)5-8-3-9(14)6-10(15)4-8/h3-4,6,11H,2,5,7H2,1H3,(H,16,17)(H,18,19). The van der Waals surface area contributed by atoms with E-state index in [9.17, 15) is 9.59 Å². The fraction of sp³-hybridized carbons (Fsp3) is 0.385. The van der Waals surface area contributed by atoms with Gasteiger partial charge >= 0.3 is 5.97 Å². The SMILES string of the molecule is CCOCC(=O)NC(Cc1cc(Cl)cc(Cl)c1)C(=O)O. The number of hydrogen-bond donors (Lipinski definition) is 2. The summed E-state index contributed by atoms with van der Waals surface area (Å²) in [5.74, 6) is -1.61. The van der Waals surface area contributed by atoms with Gasteiger partial charge in [-0.2, -0.15) is 0 Å². The first-order valence-electron chi connectivity index (χ1n) is 5.97. The number of nitrogens with one attached hydrogen (secondary N) is 1. The molecule has 0 fully saturated rings. The van der Waals surface area contributed by atoms with Crippen molar-refractivity contribution >= 4 is 35.1 Å². The second-order valence-corrected chi connectivity index (χ2v) is 4.95. The van der Waals surface area contributed by atoms with Gasteiger partial charge in [0.2, 0.25) is 5.91 Å². The number of benzene rings is 1. The average Bonchev–Trinajstić information content (AvgIpc) is 2.34. The average molecular weight is 320 g/mol. The fourth-order valence-corrected chi connectivity index (χ4v) is 2.17. The lowest BCUT2D eigenvalue weighted by atomic mass is 10.1. The van der Waals surface area contributed by atoms with Gasteiger partial charge in [-0.05, 0) is 30.7 Å². The molecule has 0 radical (unpaired) electrons. The molecule has 1 aromatic rings. The smallest absolute Gasteiger partial charge is 0.326 e. The van der Waals surface area contributed by atoms with Crippen molar-refractivity contribution in [3.05, 3.63) is 33.8 Å². The van der Waals surface area contributed by atoms with Crippen LogP contribution in [0.3, 0.4) is 0 Å². The Hall–Kier alpha value is -1.30. The quantitative estimate of drug-likeness (QED) is 0.807. The Balaban J connectivity index is 2.72. The van der Waals surface area contributed by atoms with Gasteiger partial charge < -0.3 is 15.2 Å². The van der Waals surface area contributed by atoms with E-state index >= 15 is 0 Å². The van der Waals surface area contributed by atoms with Crippen LogP contribution in [0.1, 0.15) is 12.5 Å². The molecule has 1 amide bonds. The Bertz CT molecular complexity index is 473. The molecule has 110 valence electrons. The highest BCUT2D eigenvalue weighted by Crippen LogP contribution is 2.20. The summed E-state index contributed by atoms with van der Waals surface area (Å²) in [7, 11) is 0. The maximum Gasteiger partial charge on any atom is 0.326 e. The first-order valence-corrected chi connectivity index (χ1v) is 6.72. The van der Waals surface area contributed by atoms with Crippen LogP contribution in [-0.2, 0) is 20.7 Å². The van der Waals surface area contributed by atoms with Crippen molar-refractivity contribution in [3.63, 3.8) is 0 Å². The van der Waals surface area contributed by atoms with Gasteiger partial charge in [0, 0.05) is 23.1 Å². The minimum atomic E-state index is -1.13. The number of carbonyl (C=O) groups is 2. The number of carboxylic acids is 1. The van der Waals surface area contributed by atoms with Gasteiger partial charge in [0.05, 0.1) is 0 Å². The summed E-state index contributed by atoms with van der Waals surface area (Å²) >= 11 is 11.7. The van der Waals surface area contributed by atoms with Crippen LogP contribution in [0.15, 0.2) is 18.2 Å². The van der Waals surface area contributed by atoms with Crippen molar-refractivity contribution in [1.29, 1.82) is 0 Å². The largest absolute Gasteiger partial charge is 0.480 e. The van der Waals surface area contributed by atoms with Gasteiger partial charge in [-0.15, -0.1) is 0 Å². The van der Waals surface area contributed by atoms with Crippen LogP contribution in [0, 0.1) is 0 Å². The first kappa shape index (κ1) is 16.8. The van der Waals surface area contributed by atoms with E-state index in [0.717, 1.165) is 0 Å². The maximum atomic E-state index is 11.5. The molecule has 0 aliphatic rings. The van der Waals surface area contributed by atoms with Crippen LogP contribution in [0.5, 0.6) is 0 Å². The molecule has 0 heterocycles. The van der Waals surface area contributed by atoms with E-state index in [1.165, 1.54) is 0 Å². The number of carboxylic acid groups (broad SMARTS) is 1. The summed E-state index contributed by atoms with van der Waals surface area (Å²) in [6, 6.07) is 3.71. The monoisotopic (exact) mass is 319 g/mol. The minimum Gasteiger partial charge on any atom is -0.480 e. The highest BCUT2D eigenvalue weighted by Gasteiger charge is 2.20. The molecule has 0 saturated carbocycles. The highest BCUT2D eigenvalue weighted by atomic mass is 35.5. The van der Waals surface area contributed by atoms with Gasteiger partial charge in [0.1, 0.15) is 12.6 Å². The molecule has 1 unspecified atom stereocenters. The molecule has 1 atom stereocenters. The number of amides is 1. The second kappa shape index (κ2) is 8.09. The molecule has 7 heteroatoms. The zero-order valence-corrected chi connectivity index (χ0v) is 12.4. The van der Waals surface area contributed by atoms with Crippen molar-refractivity contribution < 1.29 is 19.4 Å². The number of hydrogen-bond acceptors (Lipinski definition) is 3. The molecular formula is C13H15Cl2NO4. The third kappa shape index (κ3) is 5.77. The van der Waals surface area contributed by atoms with Gasteiger partial charge in [0.15, 0.2) is 0 Å². The lowest BCUT2D eigenvalue weighted by molar-refractivity contribution is -0.142. The summed E-state index contributed by atoms with van der Waals surface area (Å²) in [5, 5.41) is 12.3. The van der Waals surface area contributed by atoms with Gasteiger partial charge in [-0.25, -0.2) is 4.79 Å². The lowest BCUT2D eigenvalue weighted by Gasteiger charge is -2.15. The Morgan fingerprint density at radius 2 is 1.90 bits per heavy atom. The summed E-state index contributed by atoms with van der Waals surface area (Å²) in [4.78, 5) is 22.7. The van der Waals surface area contributed by atoms with Crippen LogP contribution in [-0.4, -0.2) is 36.2 Å².